The summed E-state index contributed by atoms with van der Waals surface area (Å²) in [5.41, 5.74) is -0.485. The van der Waals surface area contributed by atoms with Gasteiger partial charge in [-0.15, -0.1) is 0 Å². The third-order valence-corrected chi connectivity index (χ3v) is 3.88. The van der Waals surface area contributed by atoms with E-state index in [0.717, 1.165) is 12.1 Å². The highest BCUT2D eigenvalue weighted by Gasteiger charge is 2.23. The minimum atomic E-state index is -4.32. The molecule has 9 heteroatoms. The maximum atomic E-state index is 14.1. The first-order valence-corrected chi connectivity index (χ1v) is 7.94. The van der Waals surface area contributed by atoms with Crippen LogP contribution in [0.1, 0.15) is 23.7 Å². The summed E-state index contributed by atoms with van der Waals surface area (Å²) in [5.74, 6) is -2.02. The lowest BCUT2D eigenvalue weighted by molar-refractivity contribution is 0.0890. The van der Waals surface area contributed by atoms with Gasteiger partial charge < -0.3 is 10.1 Å². The predicted octanol–water partition coefficient (Wildman–Crippen LogP) is 1.28. The van der Waals surface area contributed by atoms with E-state index in [1.165, 1.54) is 7.11 Å². The van der Waals surface area contributed by atoms with Crippen molar-refractivity contribution in [1.82, 2.24) is 5.32 Å². The highest BCUT2D eigenvalue weighted by Crippen LogP contribution is 2.23. The van der Waals surface area contributed by atoms with Gasteiger partial charge in [0.25, 0.3) is 5.91 Å². The Morgan fingerprint density at radius 3 is 2.62 bits per heavy atom. The minimum Gasteiger partial charge on any atom is -0.383 e. The SMILES string of the molecule is CCC(COC)NC(=O)c1cc(Cl)cc(S(N)(=O)=O)c1F. The number of sulfonamides is 1. The van der Waals surface area contributed by atoms with Crippen LogP contribution in [0.3, 0.4) is 0 Å². The third-order valence-electron chi connectivity index (χ3n) is 2.75. The molecule has 0 bridgehead atoms. The molecule has 0 aliphatic carbocycles. The molecule has 1 rings (SSSR count). The van der Waals surface area contributed by atoms with E-state index in [9.17, 15) is 17.6 Å². The molecule has 1 aromatic carbocycles. The van der Waals surface area contributed by atoms with E-state index < -0.39 is 32.2 Å². The molecule has 0 saturated heterocycles. The monoisotopic (exact) mass is 338 g/mol. The second-order valence-electron chi connectivity index (χ2n) is 4.34. The van der Waals surface area contributed by atoms with Crippen LogP contribution >= 0.6 is 11.6 Å². The van der Waals surface area contributed by atoms with Gasteiger partial charge in [0.1, 0.15) is 4.90 Å². The molecule has 118 valence electrons. The summed E-state index contributed by atoms with van der Waals surface area (Å²) in [6.45, 7) is 2.06. The number of nitrogens with two attached hydrogens (primary N) is 1. The molecule has 6 nitrogen and oxygen atoms in total. The molecule has 1 unspecified atom stereocenters. The van der Waals surface area contributed by atoms with Gasteiger partial charge in [-0.05, 0) is 18.6 Å². The van der Waals surface area contributed by atoms with Gasteiger partial charge in [0.05, 0.1) is 18.2 Å². The highest BCUT2D eigenvalue weighted by molar-refractivity contribution is 7.89. The molecule has 0 aliphatic heterocycles. The zero-order chi connectivity index (χ0) is 16.2. The average Bonchev–Trinajstić information content (AvgIpc) is 2.39. The van der Waals surface area contributed by atoms with E-state index in [4.69, 9.17) is 21.5 Å². The Labute approximate surface area is 127 Å². The summed E-state index contributed by atoms with van der Waals surface area (Å²) in [4.78, 5) is 11.2. The molecule has 0 aliphatic rings. The van der Waals surface area contributed by atoms with Crippen LogP contribution in [0, 0.1) is 5.82 Å². The van der Waals surface area contributed by atoms with Crippen molar-refractivity contribution < 1.29 is 22.3 Å². The standard InChI is InChI=1S/C12H16ClFN2O4S/c1-3-8(6-20-2)16-12(17)9-4-7(13)5-10(11(9)14)21(15,18)19/h4-5,8H,3,6H2,1-2H3,(H,16,17)(H2,15,18,19). The summed E-state index contributed by atoms with van der Waals surface area (Å²) >= 11 is 5.71. The largest absolute Gasteiger partial charge is 0.383 e. The smallest absolute Gasteiger partial charge is 0.254 e. The molecule has 21 heavy (non-hydrogen) atoms. The number of carbonyl (C=O) groups is 1. The Kier molecular flexibility index (Phi) is 6.09. The van der Waals surface area contributed by atoms with Crippen molar-refractivity contribution in [3.63, 3.8) is 0 Å². The van der Waals surface area contributed by atoms with Gasteiger partial charge in [-0.2, -0.15) is 0 Å². The van der Waals surface area contributed by atoms with Crippen molar-refractivity contribution in [3.8, 4) is 0 Å². The zero-order valence-corrected chi connectivity index (χ0v) is 13.1. The van der Waals surface area contributed by atoms with Crippen molar-refractivity contribution >= 4 is 27.5 Å². The number of rotatable bonds is 6. The van der Waals surface area contributed by atoms with Crippen molar-refractivity contribution in [2.45, 2.75) is 24.3 Å². The Balaban J connectivity index is 3.19. The number of nitrogens with one attached hydrogen (secondary N) is 1. The second-order valence-corrected chi connectivity index (χ2v) is 6.31. The fraction of sp³-hybridized carbons (Fsp3) is 0.417. The van der Waals surface area contributed by atoms with E-state index in [2.05, 4.69) is 5.32 Å². The van der Waals surface area contributed by atoms with Gasteiger partial charge >= 0.3 is 0 Å². The van der Waals surface area contributed by atoms with E-state index in [1.54, 1.807) is 0 Å². The van der Waals surface area contributed by atoms with Gasteiger partial charge in [-0.25, -0.2) is 17.9 Å². The third kappa shape index (κ3) is 4.63. The van der Waals surface area contributed by atoms with Crippen LogP contribution in [0.2, 0.25) is 5.02 Å². The zero-order valence-electron chi connectivity index (χ0n) is 11.5. The van der Waals surface area contributed by atoms with Crippen molar-refractivity contribution in [3.05, 3.63) is 28.5 Å². The lowest BCUT2D eigenvalue weighted by Gasteiger charge is -2.16. The van der Waals surface area contributed by atoms with Crippen LogP contribution in [0.25, 0.3) is 0 Å². The predicted molar refractivity (Wildman–Crippen MR) is 76.2 cm³/mol. The number of ether oxygens (including phenoxy) is 1. The maximum Gasteiger partial charge on any atom is 0.254 e. The Morgan fingerprint density at radius 2 is 2.14 bits per heavy atom. The van der Waals surface area contributed by atoms with Crippen LogP contribution < -0.4 is 10.5 Å². The summed E-state index contributed by atoms with van der Waals surface area (Å²) in [6, 6.07) is 1.56. The molecular formula is C12H16ClFN2O4S. The number of carbonyl (C=O) groups excluding carboxylic acids is 1. The number of hydrogen-bond donors (Lipinski definition) is 2. The molecule has 0 radical (unpaired) electrons. The van der Waals surface area contributed by atoms with Gasteiger partial charge in [0, 0.05) is 12.1 Å². The fourth-order valence-corrected chi connectivity index (χ4v) is 2.60. The number of halogens is 2. The molecule has 0 saturated carbocycles. The van der Waals surface area contributed by atoms with E-state index >= 15 is 0 Å². The Bertz CT molecular complexity index is 636. The average molecular weight is 339 g/mol. The van der Waals surface area contributed by atoms with Crippen molar-refractivity contribution in [1.29, 1.82) is 0 Å². The number of amides is 1. The van der Waals surface area contributed by atoms with Crippen molar-refractivity contribution in [2.75, 3.05) is 13.7 Å². The normalized spacial score (nSPS) is 13.0. The molecule has 3 N–H and O–H groups in total. The molecule has 0 aromatic heterocycles. The molecule has 0 heterocycles. The van der Waals surface area contributed by atoms with Gasteiger partial charge in [0.15, 0.2) is 5.82 Å². The lowest BCUT2D eigenvalue weighted by Crippen LogP contribution is -2.38. The Morgan fingerprint density at radius 1 is 1.52 bits per heavy atom. The van der Waals surface area contributed by atoms with E-state index in [-0.39, 0.29) is 17.7 Å². The number of benzene rings is 1. The molecule has 0 fully saturated rings. The topological polar surface area (TPSA) is 98.5 Å². The Hall–Kier alpha value is -1.22. The van der Waals surface area contributed by atoms with E-state index in [1.807, 2.05) is 6.92 Å². The molecule has 1 amide bonds. The number of primary sulfonamides is 1. The second kappa shape index (κ2) is 7.17. The van der Waals surface area contributed by atoms with E-state index in [0.29, 0.717) is 6.42 Å². The van der Waals surface area contributed by atoms with Crippen molar-refractivity contribution in [2.24, 2.45) is 5.14 Å². The summed E-state index contributed by atoms with van der Waals surface area (Å²) in [5, 5.41) is 7.32. The van der Waals surface area contributed by atoms with Crippen LogP contribution in [0.5, 0.6) is 0 Å². The number of methoxy groups -OCH3 is 1. The lowest BCUT2D eigenvalue weighted by atomic mass is 10.1. The quantitative estimate of drug-likeness (QED) is 0.816. The summed E-state index contributed by atoms with van der Waals surface area (Å²) in [6.07, 6.45) is 0.559. The molecular weight excluding hydrogens is 323 g/mol. The molecule has 0 spiro atoms. The van der Waals surface area contributed by atoms with Crippen LogP contribution in [-0.4, -0.2) is 34.1 Å². The summed E-state index contributed by atoms with van der Waals surface area (Å²) in [7, 11) is -2.85. The molecule has 1 atom stereocenters. The minimum absolute atomic E-state index is 0.106. The molecule has 1 aromatic rings. The first-order chi connectivity index (χ1) is 9.70. The van der Waals surface area contributed by atoms with Gasteiger partial charge in [-0.1, -0.05) is 18.5 Å². The maximum absolute atomic E-state index is 14.1. The fourth-order valence-electron chi connectivity index (χ4n) is 1.66. The highest BCUT2D eigenvalue weighted by atomic mass is 35.5. The van der Waals surface area contributed by atoms with Crippen LogP contribution in [0.4, 0.5) is 4.39 Å². The summed E-state index contributed by atoms with van der Waals surface area (Å²) < 4.78 is 41.6. The van der Waals surface area contributed by atoms with Crippen LogP contribution in [0.15, 0.2) is 17.0 Å². The van der Waals surface area contributed by atoms with Crippen LogP contribution in [-0.2, 0) is 14.8 Å². The number of hydrogen-bond acceptors (Lipinski definition) is 4. The van der Waals surface area contributed by atoms with Gasteiger partial charge in [-0.3, -0.25) is 4.79 Å². The first-order valence-electron chi connectivity index (χ1n) is 6.02. The van der Waals surface area contributed by atoms with Gasteiger partial charge in [0.2, 0.25) is 10.0 Å². The first kappa shape index (κ1) is 17.8.